The molecule has 72 valence electrons. The molecule has 0 amide bonds. The van der Waals surface area contributed by atoms with Crippen LogP contribution in [0.5, 0.6) is 0 Å². The lowest BCUT2D eigenvalue weighted by atomic mass is 10.3. The van der Waals surface area contributed by atoms with Crippen molar-refractivity contribution in [2.75, 3.05) is 5.73 Å². The molecule has 1 heterocycles. The molecule has 0 aliphatic heterocycles. The third-order valence-corrected chi connectivity index (χ3v) is 2.23. The molecule has 0 fully saturated rings. The maximum absolute atomic E-state index is 11.2. The summed E-state index contributed by atoms with van der Waals surface area (Å²) in [6, 6.07) is 5.07. The molecule has 14 heavy (non-hydrogen) atoms. The summed E-state index contributed by atoms with van der Waals surface area (Å²) in [4.78, 5) is 11.2. The van der Waals surface area contributed by atoms with E-state index in [1.165, 1.54) is 10.9 Å². The molecule has 0 saturated carbocycles. The monoisotopic (exact) mass is 210 g/mol. The summed E-state index contributed by atoms with van der Waals surface area (Å²) in [5.41, 5.74) is 6.20. The number of halogens is 1. The number of nitrogens with one attached hydrogen (secondary N) is 1. The number of benzene rings is 1. The summed E-state index contributed by atoms with van der Waals surface area (Å²) in [5.74, 6) is 0. The highest BCUT2D eigenvalue weighted by Crippen LogP contribution is 2.24. The Morgan fingerprint density at radius 3 is 2.93 bits per heavy atom. The maximum atomic E-state index is 11.2. The van der Waals surface area contributed by atoms with Crippen LogP contribution in [0.1, 0.15) is 0 Å². The van der Waals surface area contributed by atoms with E-state index in [9.17, 15) is 4.79 Å². The van der Waals surface area contributed by atoms with E-state index in [2.05, 4.69) is 10.2 Å². The molecule has 1 aromatic carbocycles. The van der Waals surface area contributed by atoms with Crippen molar-refractivity contribution in [1.82, 2.24) is 14.8 Å². The Morgan fingerprint density at radius 2 is 2.29 bits per heavy atom. The second-order valence-corrected chi connectivity index (χ2v) is 3.09. The van der Waals surface area contributed by atoms with Crippen LogP contribution >= 0.6 is 11.6 Å². The molecule has 3 N–H and O–H groups in total. The zero-order valence-electron chi connectivity index (χ0n) is 7.07. The lowest BCUT2D eigenvalue weighted by Gasteiger charge is -2.04. The zero-order valence-corrected chi connectivity index (χ0v) is 7.82. The molecule has 0 aliphatic rings. The standard InChI is InChI=1S/C8H7ClN4O/c9-7-5(10)2-1-3-6(7)13-4-11-12-8(13)14/h1-4H,10H2,(H,12,14). The Kier molecular flexibility index (Phi) is 2.01. The number of anilines is 1. The predicted octanol–water partition coefficient (Wildman–Crippen LogP) is 0.796. The van der Waals surface area contributed by atoms with Crippen molar-refractivity contribution in [3.63, 3.8) is 0 Å². The van der Waals surface area contributed by atoms with E-state index in [-0.39, 0.29) is 5.69 Å². The number of aromatic amines is 1. The topological polar surface area (TPSA) is 76.7 Å². The van der Waals surface area contributed by atoms with E-state index < -0.39 is 0 Å². The van der Waals surface area contributed by atoms with Crippen molar-refractivity contribution in [3.8, 4) is 5.69 Å². The molecule has 0 saturated heterocycles. The average Bonchev–Trinajstić information content (AvgIpc) is 2.57. The van der Waals surface area contributed by atoms with E-state index in [1.54, 1.807) is 18.2 Å². The smallest absolute Gasteiger partial charge is 0.347 e. The van der Waals surface area contributed by atoms with E-state index in [4.69, 9.17) is 17.3 Å². The Labute approximate surface area is 84.1 Å². The first-order valence-corrected chi connectivity index (χ1v) is 4.24. The largest absolute Gasteiger partial charge is 0.397 e. The third kappa shape index (κ3) is 1.27. The van der Waals surface area contributed by atoms with Gasteiger partial charge in [-0.3, -0.25) is 0 Å². The number of H-pyrrole nitrogens is 1. The van der Waals surface area contributed by atoms with Crippen molar-refractivity contribution >= 4 is 17.3 Å². The van der Waals surface area contributed by atoms with Gasteiger partial charge in [-0.2, -0.15) is 5.10 Å². The molecule has 0 unspecified atom stereocenters. The number of rotatable bonds is 1. The number of hydrogen-bond donors (Lipinski definition) is 2. The van der Waals surface area contributed by atoms with Crippen molar-refractivity contribution in [1.29, 1.82) is 0 Å². The summed E-state index contributed by atoms with van der Waals surface area (Å²) < 4.78 is 1.29. The molecular formula is C8H7ClN4O. The van der Waals surface area contributed by atoms with Crippen LogP contribution in [0.15, 0.2) is 29.3 Å². The molecule has 2 rings (SSSR count). The summed E-state index contributed by atoms with van der Waals surface area (Å²) in [5, 5.41) is 6.21. The second-order valence-electron chi connectivity index (χ2n) is 2.71. The second kappa shape index (κ2) is 3.19. The fourth-order valence-electron chi connectivity index (χ4n) is 1.14. The fraction of sp³-hybridized carbons (Fsp3) is 0. The first-order valence-electron chi connectivity index (χ1n) is 3.86. The van der Waals surface area contributed by atoms with Gasteiger partial charge in [0.25, 0.3) is 0 Å². The van der Waals surface area contributed by atoms with Gasteiger partial charge in [0, 0.05) is 0 Å². The number of hydrogen-bond acceptors (Lipinski definition) is 3. The van der Waals surface area contributed by atoms with Crippen molar-refractivity contribution in [3.05, 3.63) is 40.0 Å². The molecule has 6 heteroatoms. The molecule has 0 bridgehead atoms. The summed E-state index contributed by atoms with van der Waals surface area (Å²) in [6.45, 7) is 0. The average molecular weight is 211 g/mol. The van der Waals surface area contributed by atoms with Gasteiger partial charge in [-0.05, 0) is 12.1 Å². The number of nitrogens with zero attached hydrogens (tertiary/aromatic N) is 2. The molecule has 5 nitrogen and oxygen atoms in total. The highest BCUT2D eigenvalue weighted by atomic mass is 35.5. The molecule has 0 atom stereocenters. The Hall–Kier alpha value is -1.75. The summed E-state index contributed by atoms with van der Waals surface area (Å²) in [6.07, 6.45) is 1.35. The van der Waals surface area contributed by atoms with Gasteiger partial charge < -0.3 is 5.73 Å². The fourth-order valence-corrected chi connectivity index (χ4v) is 1.36. The van der Waals surface area contributed by atoms with E-state index >= 15 is 0 Å². The van der Waals surface area contributed by atoms with Crippen molar-refractivity contribution < 1.29 is 0 Å². The Morgan fingerprint density at radius 1 is 1.50 bits per heavy atom. The first kappa shape index (κ1) is 8.83. The third-order valence-electron chi connectivity index (χ3n) is 1.82. The Balaban J connectivity index is 2.69. The SMILES string of the molecule is Nc1cccc(-n2cn[nH]c2=O)c1Cl. The molecule has 2 aromatic rings. The van der Waals surface area contributed by atoms with Crippen LogP contribution in [0.25, 0.3) is 5.69 Å². The van der Waals surface area contributed by atoms with Crippen LogP contribution in [-0.2, 0) is 0 Å². The van der Waals surface area contributed by atoms with Gasteiger partial charge in [-0.25, -0.2) is 14.5 Å². The molecule has 1 aromatic heterocycles. The van der Waals surface area contributed by atoms with Gasteiger partial charge in [0.15, 0.2) is 0 Å². The highest BCUT2D eigenvalue weighted by molar-refractivity contribution is 6.34. The quantitative estimate of drug-likeness (QED) is 0.684. The molecule has 0 spiro atoms. The number of aromatic nitrogens is 3. The van der Waals surface area contributed by atoms with Crippen LogP contribution in [-0.4, -0.2) is 14.8 Å². The van der Waals surface area contributed by atoms with Gasteiger partial charge >= 0.3 is 5.69 Å². The summed E-state index contributed by atoms with van der Waals surface area (Å²) in [7, 11) is 0. The lowest BCUT2D eigenvalue weighted by Crippen LogP contribution is -2.14. The minimum atomic E-state index is -0.350. The van der Waals surface area contributed by atoms with Crippen LogP contribution in [0.2, 0.25) is 5.02 Å². The Bertz CT molecular complexity index is 516. The van der Waals surface area contributed by atoms with Crippen molar-refractivity contribution in [2.24, 2.45) is 0 Å². The summed E-state index contributed by atoms with van der Waals surface area (Å²) >= 11 is 5.93. The van der Waals surface area contributed by atoms with Gasteiger partial charge in [0.05, 0.1) is 16.4 Å². The van der Waals surface area contributed by atoms with Gasteiger partial charge in [-0.15, -0.1) is 0 Å². The predicted molar refractivity (Wildman–Crippen MR) is 53.6 cm³/mol. The van der Waals surface area contributed by atoms with Crippen LogP contribution in [0.4, 0.5) is 5.69 Å². The minimum absolute atomic E-state index is 0.344. The number of nitrogens with two attached hydrogens (primary N) is 1. The van der Waals surface area contributed by atoms with Crippen LogP contribution in [0.3, 0.4) is 0 Å². The zero-order chi connectivity index (χ0) is 10.1. The minimum Gasteiger partial charge on any atom is -0.397 e. The number of nitrogen functional groups attached to an aromatic ring is 1. The van der Waals surface area contributed by atoms with E-state index in [1.807, 2.05) is 0 Å². The molecule has 0 aliphatic carbocycles. The first-order chi connectivity index (χ1) is 6.70. The van der Waals surface area contributed by atoms with Crippen molar-refractivity contribution in [2.45, 2.75) is 0 Å². The lowest BCUT2D eigenvalue weighted by molar-refractivity contribution is 0.983. The van der Waals surface area contributed by atoms with E-state index in [0.717, 1.165) is 0 Å². The molecular weight excluding hydrogens is 204 g/mol. The van der Waals surface area contributed by atoms with E-state index in [0.29, 0.717) is 16.4 Å². The van der Waals surface area contributed by atoms with Crippen LogP contribution in [0, 0.1) is 0 Å². The van der Waals surface area contributed by atoms with Gasteiger partial charge in [-0.1, -0.05) is 17.7 Å². The normalized spacial score (nSPS) is 10.4. The van der Waals surface area contributed by atoms with Gasteiger partial charge in [0.2, 0.25) is 0 Å². The van der Waals surface area contributed by atoms with Crippen LogP contribution < -0.4 is 11.4 Å². The maximum Gasteiger partial charge on any atom is 0.347 e. The highest BCUT2D eigenvalue weighted by Gasteiger charge is 2.07. The molecule has 0 radical (unpaired) electrons. The van der Waals surface area contributed by atoms with Gasteiger partial charge in [0.1, 0.15) is 6.33 Å².